The van der Waals surface area contributed by atoms with Crippen LogP contribution in [0.5, 0.6) is 0 Å². The first-order valence-electron chi connectivity index (χ1n) is 5.62. The van der Waals surface area contributed by atoms with Crippen LogP contribution >= 0.6 is 11.3 Å². The van der Waals surface area contributed by atoms with Crippen LogP contribution in [-0.2, 0) is 17.6 Å². The van der Waals surface area contributed by atoms with Crippen LogP contribution in [-0.4, -0.2) is 16.1 Å². The van der Waals surface area contributed by atoms with Gasteiger partial charge in [-0.2, -0.15) is 0 Å². The topological polar surface area (TPSA) is 50.2 Å². The summed E-state index contributed by atoms with van der Waals surface area (Å²) in [6, 6.07) is 0. The van der Waals surface area contributed by atoms with Gasteiger partial charge in [-0.05, 0) is 18.3 Å². The van der Waals surface area contributed by atoms with Crippen molar-refractivity contribution in [3.8, 4) is 0 Å². The summed E-state index contributed by atoms with van der Waals surface area (Å²) < 4.78 is 0. The van der Waals surface area contributed by atoms with Gasteiger partial charge in [0.2, 0.25) is 0 Å². The molecule has 0 radical (unpaired) electrons. The van der Waals surface area contributed by atoms with Gasteiger partial charge in [0.1, 0.15) is 0 Å². The standard InChI is InChI=1S/C12H19NO2S/c1-8(2)4-10-7-16-11(13-10)5-9(3)6-12(14)15/h7-9H,4-6H2,1-3H3,(H,14,15). The van der Waals surface area contributed by atoms with Gasteiger partial charge in [-0.25, -0.2) is 4.98 Å². The first kappa shape index (κ1) is 13.2. The van der Waals surface area contributed by atoms with Crippen LogP contribution in [0, 0.1) is 11.8 Å². The summed E-state index contributed by atoms with van der Waals surface area (Å²) >= 11 is 1.64. The molecule has 0 saturated heterocycles. The van der Waals surface area contributed by atoms with Crippen molar-refractivity contribution in [1.29, 1.82) is 0 Å². The fourth-order valence-corrected chi connectivity index (χ4v) is 2.59. The second kappa shape index (κ2) is 5.99. The largest absolute Gasteiger partial charge is 0.481 e. The first-order chi connectivity index (χ1) is 7.47. The van der Waals surface area contributed by atoms with Gasteiger partial charge < -0.3 is 5.11 Å². The van der Waals surface area contributed by atoms with E-state index in [1.54, 1.807) is 11.3 Å². The predicted octanol–water partition coefficient (Wildman–Crippen LogP) is 2.99. The van der Waals surface area contributed by atoms with Gasteiger partial charge in [0, 0.05) is 18.2 Å². The van der Waals surface area contributed by atoms with Crippen molar-refractivity contribution in [2.45, 2.75) is 40.0 Å². The molecule has 0 aromatic carbocycles. The molecule has 0 saturated carbocycles. The van der Waals surface area contributed by atoms with E-state index in [0.29, 0.717) is 5.92 Å². The van der Waals surface area contributed by atoms with E-state index in [9.17, 15) is 4.79 Å². The Morgan fingerprint density at radius 2 is 2.12 bits per heavy atom. The normalized spacial score (nSPS) is 13.0. The molecule has 1 N–H and O–H groups in total. The zero-order valence-corrected chi connectivity index (χ0v) is 10.9. The molecule has 4 heteroatoms. The van der Waals surface area contributed by atoms with E-state index in [4.69, 9.17) is 5.11 Å². The zero-order valence-electron chi connectivity index (χ0n) is 10.1. The van der Waals surface area contributed by atoms with Gasteiger partial charge in [0.15, 0.2) is 0 Å². The maximum Gasteiger partial charge on any atom is 0.303 e. The Balaban J connectivity index is 2.48. The minimum atomic E-state index is -0.730. The Hall–Kier alpha value is -0.900. The summed E-state index contributed by atoms with van der Waals surface area (Å²) in [5.41, 5.74) is 1.14. The van der Waals surface area contributed by atoms with E-state index in [2.05, 4.69) is 24.2 Å². The summed E-state index contributed by atoms with van der Waals surface area (Å²) in [6.07, 6.45) is 2.00. The highest BCUT2D eigenvalue weighted by atomic mass is 32.1. The molecule has 16 heavy (non-hydrogen) atoms. The quantitative estimate of drug-likeness (QED) is 0.833. The highest BCUT2D eigenvalue weighted by Crippen LogP contribution is 2.18. The Morgan fingerprint density at radius 1 is 1.44 bits per heavy atom. The predicted molar refractivity (Wildman–Crippen MR) is 65.8 cm³/mol. The number of carboxylic acids is 1. The van der Waals surface area contributed by atoms with Crippen LogP contribution in [0.2, 0.25) is 0 Å². The zero-order chi connectivity index (χ0) is 12.1. The van der Waals surface area contributed by atoms with E-state index in [0.717, 1.165) is 23.5 Å². The van der Waals surface area contributed by atoms with Gasteiger partial charge in [0.05, 0.1) is 10.7 Å². The monoisotopic (exact) mass is 241 g/mol. The second-order valence-corrected chi connectivity index (χ2v) is 5.68. The maximum absolute atomic E-state index is 10.5. The minimum absolute atomic E-state index is 0.163. The van der Waals surface area contributed by atoms with Gasteiger partial charge in [-0.3, -0.25) is 4.79 Å². The van der Waals surface area contributed by atoms with Gasteiger partial charge in [0.25, 0.3) is 0 Å². The summed E-state index contributed by atoms with van der Waals surface area (Å²) in [5, 5.41) is 11.8. The Labute approximate surface area is 101 Å². The van der Waals surface area contributed by atoms with E-state index in [1.165, 1.54) is 0 Å². The molecule has 3 nitrogen and oxygen atoms in total. The Kier molecular flexibility index (Phi) is 4.93. The first-order valence-corrected chi connectivity index (χ1v) is 6.50. The molecule has 0 aliphatic carbocycles. The second-order valence-electron chi connectivity index (χ2n) is 4.74. The molecule has 0 spiro atoms. The number of rotatable bonds is 6. The lowest BCUT2D eigenvalue weighted by molar-refractivity contribution is -0.137. The molecule has 1 atom stereocenters. The molecular weight excluding hydrogens is 222 g/mol. The van der Waals surface area contributed by atoms with E-state index in [-0.39, 0.29) is 12.3 Å². The lowest BCUT2D eigenvalue weighted by atomic mass is 10.0. The highest BCUT2D eigenvalue weighted by molar-refractivity contribution is 7.09. The van der Waals surface area contributed by atoms with Crippen molar-refractivity contribution in [2.24, 2.45) is 11.8 Å². The van der Waals surface area contributed by atoms with Crippen LogP contribution < -0.4 is 0 Å². The van der Waals surface area contributed by atoms with Crippen molar-refractivity contribution in [2.75, 3.05) is 0 Å². The minimum Gasteiger partial charge on any atom is -0.481 e. The van der Waals surface area contributed by atoms with Crippen molar-refractivity contribution in [1.82, 2.24) is 4.98 Å². The average Bonchev–Trinajstić information content (AvgIpc) is 2.49. The molecular formula is C12H19NO2S. The summed E-state index contributed by atoms with van der Waals surface area (Å²) in [4.78, 5) is 15.1. The molecule has 1 unspecified atom stereocenters. The van der Waals surface area contributed by atoms with Gasteiger partial charge in [-0.1, -0.05) is 20.8 Å². The Morgan fingerprint density at radius 3 is 2.69 bits per heavy atom. The van der Waals surface area contributed by atoms with Gasteiger partial charge >= 0.3 is 5.97 Å². The van der Waals surface area contributed by atoms with Crippen molar-refractivity contribution < 1.29 is 9.90 Å². The van der Waals surface area contributed by atoms with Crippen molar-refractivity contribution >= 4 is 17.3 Å². The van der Waals surface area contributed by atoms with Gasteiger partial charge in [-0.15, -0.1) is 11.3 Å². The number of aliphatic carboxylic acids is 1. The summed E-state index contributed by atoms with van der Waals surface area (Å²) in [5.74, 6) is 0.0494. The number of carbonyl (C=O) groups is 1. The molecule has 0 fully saturated rings. The van der Waals surface area contributed by atoms with E-state index in [1.807, 2.05) is 6.92 Å². The average molecular weight is 241 g/mol. The summed E-state index contributed by atoms with van der Waals surface area (Å²) in [6.45, 7) is 6.30. The number of hydrogen-bond donors (Lipinski definition) is 1. The van der Waals surface area contributed by atoms with Crippen LogP contribution in [0.15, 0.2) is 5.38 Å². The van der Waals surface area contributed by atoms with Crippen LogP contribution in [0.1, 0.15) is 37.9 Å². The lowest BCUT2D eigenvalue weighted by Crippen LogP contribution is -2.07. The SMILES string of the molecule is CC(C)Cc1csc(CC(C)CC(=O)O)n1. The van der Waals surface area contributed by atoms with Crippen LogP contribution in [0.4, 0.5) is 0 Å². The molecule has 1 rings (SSSR count). The molecule has 0 aliphatic heterocycles. The lowest BCUT2D eigenvalue weighted by Gasteiger charge is -2.05. The summed E-state index contributed by atoms with van der Waals surface area (Å²) in [7, 11) is 0. The molecule has 1 heterocycles. The molecule has 90 valence electrons. The fourth-order valence-electron chi connectivity index (χ4n) is 1.62. The maximum atomic E-state index is 10.5. The third-order valence-corrected chi connectivity index (χ3v) is 3.18. The van der Waals surface area contributed by atoms with Crippen molar-refractivity contribution in [3.63, 3.8) is 0 Å². The smallest absolute Gasteiger partial charge is 0.303 e. The fraction of sp³-hybridized carbons (Fsp3) is 0.667. The number of nitrogens with zero attached hydrogens (tertiary/aromatic N) is 1. The van der Waals surface area contributed by atoms with Crippen molar-refractivity contribution in [3.05, 3.63) is 16.1 Å². The van der Waals surface area contributed by atoms with Crippen LogP contribution in [0.25, 0.3) is 0 Å². The van der Waals surface area contributed by atoms with E-state index >= 15 is 0 Å². The molecule has 0 bridgehead atoms. The molecule has 0 aliphatic rings. The number of thiazole rings is 1. The van der Waals surface area contributed by atoms with E-state index < -0.39 is 5.97 Å². The molecule has 1 aromatic heterocycles. The third kappa shape index (κ3) is 4.75. The molecule has 1 aromatic rings. The number of hydrogen-bond acceptors (Lipinski definition) is 3. The third-order valence-electron chi connectivity index (χ3n) is 2.26. The highest BCUT2D eigenvalue weighted by Gasteiger charge is 2.11. The van der Waals surface area contributed by atoms with Crippen LogP contribution in [0.3, 0.4) is 0 Å². The Bertz CT molecular complexity index is 347. The molecule has 0 amide bonds. The number of aromatic nitrogens is 1. The number of carboxylic acid groups (broad SMARTS) is 1.